The van der Waals surface area contributed by atoms with Crippen molar-refractivity contribution in [2.75, 3.05) is 6.61 Å². The molecule has 1 aromatic carbocycles. The fourth-order valence-corrected chi connectivity index (χ4v) is 2.77. The van der Waals surface area contributed by atoms with Crippen molar-refractivity contribution in [3.63, 3.8) is 0 Å². The number of nitrogens with zero attached hydrogens (tertiary/aromatic N) is 2. The quantitative estimate of drug-likeness (QED) is 0.347. The molecule has 12 heteroatoms. The van der Waals surface area contributed by atoms with Gasteiger partial charge in [0, 0.05) is 12.4 Å². The van der Waals surface area contributed by atoms with Gasteiger partial charge in [-0.1, -0.05) is 11.6 Å². The predicted molar refractivity (Wildman–Crippen MR) is 96.5 cm³/mol. The molecule has 2 heterocycles. The SMILES string of the molecule is O=C(COc1ccc(OC(F)(F)F)cc1)c1cccn1-c1ncc(C(F)(F)F)cc1Cl. The summed E-state index contributed by atoms with van der Waals surface area (Å²) in [6.45, 7) is -0.498. The summed E-state index contributed by atoms with van der Waals surface area (Å²) in [5.41, 5.74) is -1.01. The minimum atomic E-state index is -4.84. The van der Waals surface area contributed by atoms with Gasteiger partial charge in [-0.25, -0.2) is 4.98 Å². The Morgan fingerprint density at radius 3 is 2.26 bits per heavy atom. The molecule has 31 heavy (non-hydrogen) atoms. The lowest BCUT2D eigenvalue weighted by Gasteiger charge is -2.13. The second-order valence-electron chi connectivity index (χ2n) is 6.02. The molecule has 0 radical (unpaired) electrons. The number of halogens is 7. The summed E-state index contributed by atoms with van der Waals surface area (Å²) >= 11 is 5.92. The van der Waals surface area contributed by atoms with Crippen LogP contribution in [-0.4, -0.2) is 28.3 Å². The van der Waals surface area contributed by atoms with E-state index in [1.807, 2.05) is 0 Å². The van der Waals surface area contributed by atoms with E-state index in [2.05, 4.69) is 9.72 Å². The van der Waals surface area contributed by atoms with E-state index in [-0.39, 0.29) is 22.3 Å². The molecule has 0 amide bonds. The number of pyridine rings is 1. The molecule has 3 rings (SSSR count). The Morgan fingerprint density at radius 1 is 1.03 bits per heavy atom. The Kier molecular flexibility index (Phi) is 6.16. The molecule has 0 bridgehead atoms. The average molecular weight is 465 g/mol. The Bertz CT molecular complexity index is 1080. The molecular weight excluding hydrogens is 454 g/mol. The number of carbonyl (C=O) groups excluding carboxylic acids is 1. The first kappa shape index (κ1) is 22.5. The molecule has 3 aromatic rings. The van der Waals surface area contributed by atoms with E-state index in [1.165, 1.54) is 35.0 Å². The van der Waals surface area contributed by atoms with Crippen LogP contribution in [-0.2, 0) is 6.18 Å². The summed E-state index contributed by atoms with van der Waals surface area (Å²) in [6.07, 6.45) is -7.48. The fourth-order valence-electron chi connectivity index (χ4n) is 2.52. The first-order valence-electron chi connectivity index (χ1n) is 8.36. The summed E-state index contributed by atoms with van der Waals surface area (Å²) in [6, 6.07) is 7.94. The number of hydrogen-bond donors (Lipinski definition) is 0. The van der Waals surface area contributed by atoms with E-state index in [0.717, 1.165) is 12.1 Å². The van der Waals surface area contributed by atoms with Gasteiger partial charge in [-0.2, -0.15) is 13.2 Å². The van der Waals surface area contributed by atoms with E-state index in [0.29, 0.717) is 12.3 Å². The lowest BCUT2D eigenvalue weighted by molar-refractivity contribution is -0.274. The summed E-state index contributed by atoms with van der Waals surface area (Å²) < 4.78 is 85.0. The second kappa shape index (κ2) is 8.50. The van der Waals surface area contributed by atoms with Crippen LogP contribution in [0.25, 0.3) is 5.82 Å². The maximum atomic E-state index is 12.8. The number of carbonyl (C=O) groups is 1. The highest BCUT2D eigenvalue weighted by Crippen LogP contribution is 2.32. The third kappa shape index (κ3) is 5.69. The Morgan fingerprint density at radius 2 is 1.68 bits per heavy atom. The van der Waals surface area contributed by atoms with Crippen LogP contribution in [0.15, 0.2) is 54.9 Å². The molecule has 0 fully saturated rings. The van der Waals surface area contributed by atoms with Crippen LogP contribution in [0.1, 0.15) is 16.1 Å². The summed E-state index contributed by atoms with van der Waals surface area (Å²) in [5, 5.41) is -0.318. The van der Waals surface area contributed by atoms with Gasteiger partial charge in [0.15, 0.2) is 12.4 Å². The van der Waals surface area contributed by atoms with Crippen LogP contribution in [0.4, 0.5) is 26.3 Å². The lowest BCUT2D eigenvalue weighted by atomic mass is 10.2. The highest BCUT2D eigenvalue weighted by atomic mass is 35.5. The number of alkyl halides is 6. The molecule has 0 saturated heterocycles. The van der Waals surface area contributed by atoms with E-state index < -0.39 is 36.2 Å². The topological polar surface area (TPSA) is 53.4 Å². The molecule has 0 aliphatic rings. The third-order valence-electron chi connectivity index (χ3n) is 3.84. The zero-order chi connectivity index (χ0) is 22.8. The molecular formula is C19H11ClF6N2O3. The monoisotopic (exact) mass is 464 g/mol. The minimum Gasteiger partial charge on any atom is -0.485 e. The molecule has 0 N–H and O–H groups in total. The van der Waals surface area contributed by atoms with Gasteiger partial charge < -0.3 is 9.47 Å². The summed E-state index contributed by atoms with van der Waals surface area (Å²) in [4.78, 5) is 16.2. The Labute approximate surface area is 175 Å². The highest BCUT2D eigenvalue weighted by molar-refractivity contribution is 6.32. The molecule has 0 aliphatic carbocycles. The van der Waals surface area contributed by atoms with E-state index in [1.54, 1.807) is 0 Å². The van der Waals surface area contributed by atoms with Crippen LogP contribution in [0.2, 0.25) is 5.02 Å². The van der Waals surface area contributed by atoms with Gasteiger partial charge in [-0.05, 0) is 42.5 Å². The van der Waals surface area contributed by atoms with Crippen molar-refractivity contribution in [3.05, 3.63) is 71.1 Å². The molecule has 0 aliphatic heterocycles. The van der Waals surface area contributed by atoms with Gasteiger partial charge in [0.05, 0.1) is 16.3 Å². The first-order chi connectivity index (χ1) is 14.4. The van der Waals surface area contributed by atoms with Crippen LogP contribution < -0.4 is 9.47 Å². The summed E-state index contributed by atoms with van der Waals surface area (Å²) in [5.74, 6) is -1.01. The van der Waals surface area contributed by atoms with Gasteiger partial charge >= 0.3 is 12.5 Å². The van der Waals surface area contributed by atoms with Gasteiger partial charge in [-0.15, -0.1) is 13.2 Å². The maximum Gasteiger partial charge on any atom is 0.573 e. The number of aromatic nitrogens is 2. The number of rotatable bonds is 6. The number of ketones is 1. The van der Waals surface area contributed by atoms with Crippen molar-refractivity contribution >= 4 is 17.4 Å². The number of Topliss-reactive ketones (excluding diaryl/α,β-unsaturated/α-hetero) is 1. The number of benzene rings is 1. The van der Waals surface area contributed by atoms with Crippen molar-refractivity contribution in [2.45, 2.75) is 12.5 Å². The predicted octanol–water partition coefficient (Wildman–Crippen LogP) is 5.70. The molecule has 0 unspecified atom stereocenters. The van der Waals surface area contributed by atoms with E-state index in [4.69, 9.17) is 16.3 Å². The van der Waals surface area contributed by atoms with Gasteiger partial charge in [0.1, 0.15) is 11.5 Å². The van der Waals surface area contributed by atoms with Gasteiger partial charge in [0.25, 0.3) is 0 Å². The van der Waals surface area contributed by atoms with Crippen molar-refractivity contribution < 1.29 is 40.6 Å². The van der Waals surface area contributed by atoms with E-state index in [9.17, 15) is 31.1 Å². The van der Waals surface area contributed by atoms with Crippen LogP contribution in [0.3, 0.4) is 0 Å². The normalized spacial score (nSPS) is 12.0. The molecule has 5 nitrogen and oxygen atoms in total. The fraction of sp³-hybridized carbons (Fsp3) is 0.158. The standard InChI is InChI=1S/C19H11ClF6N2O3/c20-14-8-11(18(21,22)23)9-27-17(14)28-7-1-2-15(28)16(29)10-30-12-3-5-13(6-4-12)31-19(24,25)26/h1-9H,10H2. The Hall–Kier alpha value is -3.21. The Balaban J connectivity index is 1.72. The van der Waals surface area contributed by atoms with Crippen molar-refractivity contribution in [1.29, 1.82) is 0 Å². The second-order valence-corrected chi connectivity index (χ2v) is 6.43. The largest absolute Gasteiger partial charge is 0.573 e. The third-order valence-corrected chi connectivity index (χ3v) is 4.12. The van der Waals surface area contributed by atoms with Crippen LogP contribution >= 0.6 is 11.6 Å². The van der Waals surface area contributed by atoms with Gasteiger partial charge in [0.2, 0.25) is 5.78 Å². The van der Waals surface area contributed by atoms with Gasteiger partial charge in [-0.3, -0.25) is 9.36 Å². The molecule has 164 valence electrons. The van der Waals surface area contributed by atoms with Crippen LogP contribution in [0, 0.1) is 0 Å². The van der Waals surface area contributed by atoms with Crippen LogP contribution in [0.5, 0.6) is 11.5 Å². The zero-order valence-electron chi connectivity index (χ0n) is 15.2. The highest BCUT2D eigenvalue weighted by Gasteiger charge is 2.32. The lowest BCUT2D eigenvalue weighted by Crippen LogP contribution is -2.17. The van der Waals surface area contributed by atoms with E-state index >= 15 is 0 Å². The smallest absolute Gasteiger partial charge is 0.485 e. The average Bonchev–Trinajstić information content (AvgIpc) is 3.15. The maximum absolute atomic E-state index is 12.8. The molecule has 0 atom stereocenters. The van der Waals surface area contributed by atoms with Crippen molar-refractivity contribution in [2.24, 2.45) is 0 Å². The number of ether oxygens (including phenoxy) is 2. The molecule has 0 spiro atoms. The minimum absolute atomic E-state index is 0.0335. The first-order valence-corrected chi connectivity index (χ1v) is 8.74. The van der Waals surface area contributed by atoms with Crippen molar-refractivity contribution in [3.8, 4) is 17.3 Å². The molecule has 2 aromatic heterocycles. The molecule has 0 saturated carbocycles. The van der Waals surface area contributed by atoms with Crippen molar-refractivity contribution in [1.82, 2.24) is 9.55 Å². The number of hydrogen-bond acceptors (Lipinski definition) is 4. The summed E-state index contributed by atoms with van der Waals surface area (Å²) in [7, 11) is 0. The zero-order valence-corrected chi connectivity index (χ0v) is 15.9.